The SMILES string of the molecule is NNC(=O)CCCCCCCNC(=O)CCC(NC(N)=O)C(=O)O. The molecule has 4 amide bonds. The first-order valence-electron chi connectivity index (χ1n) is 7.91. The average molecular weight is 345 g/mol. The molecule has 0 aromatic heterocycles. The van der Waals surface area contributed by atoms with E-state index in [1.807, 2.05) is 0 Å². The van der Waals surface area contributed by atoms with Crippen molar-refractivity contribution in [2.75, 3.05) is 6.54 Å². The van der Waals surface area contributed by atoms with Gasteiger partial charge in [-0.25, -0.2) is 15.4 Å². The van der Waals surface area contributed by atoms with Crippen LogP contribution in [0, 0.1) is 0 Å². The Morgan fingerprint density at radius 3 is 2.12 bits per heavy atom. The number of carbonyl (C=O) groups excluding carboxylic acids is 3. The van der Waals surface area contributed by atoms with Crippen LogP contribution in [0.4, 0.5) is 4.79 Å². The van der Waals surface area contributed by atoms with E-state index in [2.05, 4.69) is 16.1 Å². The van der Waals surface area contributed by atoms with E-state index in [9.17, 15) is 19.2 Å². The highest BCUT2D eigenvalue weighted by molar-refractivity contribution is 5.82. The molecule has 0 aromatic rings. The lowest BCUT2D eigenvalue weighted by Crippen LogP contribution is -2.44. The predicted octanol–water partition coefficient (Wildman–Crippen LogP) is -0.665. The van der Waals surface area contributed by atoms with Gasteiger partial charge in [0.2, 0.25) is 11.8 Å². The fourth-order valence-corrected chi connectivity index (χ4v) is 2.03. The molecule has 10 heteroatoms. The Kier molecular flexibility index (Phi) is 11.8. The van der Waals surface area contributed by atoms with E-state index in [1.165, 1.54) is 0 Å². The molecule has 138 valence electrons. The number of rotatable bonds is 13. The topological polar surface area (TPSA) is 177 Å². The molecule has 1 unspecified atom stereocenters. The second-order valence-corrected chi connectivity index (χ2v) is 5.37. The molecule has 0 aliphatic rings. The van der Waals surface area contributed by atoms with Gasteiger partial charge in [0, 0.05) is 19.4 Å². The summed E-state index contributed by atoms with van der Waals surface area (Å²) in [5.41, 5.74) is 6.94. The molecule has 0 spiro atoms. The van der Waals surface area contributed by atoms with Gasteiger partial charge in [-0.2, -0.15) is 0 Å². The normalized spacial score (nSPS) is 11.4. The van der Waals surface area contributed by atoms with Crippen molar-refractivity contribution in [1.82, 2.24) is 16.1 Å². The highest BCUT2D eigenvalue weighted by Gasteiger charge is 2.19. The van der Waals surface area contributed by atoms with Crippen LogP contribution in [0.5, 0.6) is 0 Å². The number of nitrogens with one attached hydrogen (secondary N) is 3. The van der Waals surface area contributed by atoms with Gasteiger partial charge in [-0.3, -0.25) is 15.0 Å². The van der Waals surface area contributed by atoms with Crippen molar-refractivity contribution in [3.63, 3.8) is 0 Å². The van der Waals surface area contributed by atoms with Gasteiger partial charge in [-0.15, -0.1) is 0 Å². The van der Waals surface area contributed by atoms with Crippen molar-refractivity contribution in [3.8, 4) is 0 Å². The van der Waals surface area contributed by atoms with Crippen LogP contribution >= 0.6 is 0 Å². The van der Waals surface area contributed by atoms with Crippen LogP contribution in [-0.2, 0) is 14.4 Å². The number of nitrogens with two attached hydrogens (primary N) is 2. The van der Waals surface area contributed by atoms with E-state index in [0.717, 1.165) is 32.1 Å². The molecule has 0 aliphatic carbocycles. The fourth-order valence-electron chi connectivity index (χ4n) is 2.03. The Hall–Kier alpha value is -2.36. The third-order valence-corrected chi connectivity index (χ3v) is 3.34. The lowest BCUT2D eigenvalue weighted by molar-refractivity contribution is -0.139. The third-order valence-electron chi connectivity index (χ3n) is 3.34. The number of hydrogen-bond donors (Lipinski definition) is 6. The number of unbranched alkanes of at least 4 members (excludes halogenated alkanes) is 4. The molecular weight excluding hydrogens is 318 g/mol. The smallest absolute Gasteiger partial charge is 0.326 e. The Labute approximate surface area is 140 Å². The highest BCUT2D eigenvalue weighted by atomic mass is 16.4. The monoisotopic (exact) mass is 345 g/mol. The van der Waals surface area contributed by atoms with Crippen LogP contribution in [0.2, 0.25) is 0 Å². The van der Waals surface area contributed by atoms with Crippen molar-refractivity contribution in [2.24, 2.45) is 11.6 Å². The van der Waals surface area contributed by atoms with Gasteiger partial charge in [0.25, 0.3) is 0 Å². The van der Waals surface area contributed by atoms with Gasteiger partial charge in [0.1, 0.15) is 6.04 Å². The van der Waals surface area contributed by atoms with Crippen LogP contribution in [0.3, 0.4) is 0 Å². The summed E-state index contributed by atoms with van der Waals surface area (Å²) in [5, 5.41) is 13.6. The maximum Gasteiger partial charge on any atom is 0.326 e. The molecular formula is C14H27N5O5. The number of hydrazine groups is 1. The zero-order chi connectivity index (χ0) is 18.4. The summed E-state index contributed by atoms with van der Waals surface area (Å²) in [6.07, 6.45) is 4.76. The maximum atomic E-state index is 11.6. The van der Waals surface area contributed by atoms with E-state index < -0.39 is 18.0 Å². The minimum absolute atomic E-state index is 0.00849. The zero-order valence-corrected chi connectivity index (χ0v) is 13.7. The number of hydrogen-bond acceptors (Lipinski definition) is 5. The van der Waals surface area contributed by atoms with Crippen LogP contribution in [0.15, 0.2) is 0 Å². The summed E-state index contributed by atoms with van der Waals surface area (Å²) >= 11 is 0. The molecule has 0 aliphatic heterocycles. The van der Waals surface area contributed by atoms with Gasteiger partial charge in [0.15, 0.2) is 0 Å². The Morgan fingerprint density at radius 1 is 0.917 bits per heavy atom. The van der Waals surface area contributed by atoms with Crippen LogP contribution in [-0.4, -0.2) is 41.5 Å². The van der Waals surface area contributed by atoms with E-state index >= 15 is 0 Å². The quantitative estimate of drug-likeness (QED) is 0.112. The second kappa shape index (κ2) is 13.1. The number of amides is 4. The zero-order valence-electron chi connectivity index (χ0n) is 13.7. The predicted molar refractivity (Wildman–Crippen MR) is 86.4 cm³/mol. The molecule has 1 atom stereocenters. The minimum Gasteiger partial charge on any atom is -0.480 e. The highest BCUT2D eigenvalue weighted by Crippen LogP contribution is 2.05. The molecule has 10 nitrogen and oxygen atoms in total. The van der Waals surface area contributed by atoms with Crippen molar-refractivity contribution in [2.45, 2.75) is 57.4 Å². The first-order valence-corrected chi connectivity index (χ1v) is 7.91. The van der Waals surface area contributed by atoms with E-state index in [0.29, 0.717) is 13.0 Å². The molecule has 0 aromatic carbocycles. The lowest BCUT2D eigenvalue weighted by atomic mass is 10.1. The fraction of sp³-hybridized carbons (Fsp3) is 0.714. The van der Waals surface area contributed by atoms with Gasteiger partial charge in [0.05, 0.1) is 0 Å². The van der Waals surface area contributed by atoms with E-state index in [-0.39, 0.29) is 24.7 Å². The third kappa shape index (κ3) is 12.2. The summed E-state index contributed by atoms with van der Waals surface area (Å²) in [6, 6.07) is -2.11. The molecule has 0 saturated heterocycles. The maximum absolute atomic E-state index is 11.6. The molecule has 0 saturated carbocycles. The van der Waals surface area contributed by atoms with Crippen molar-refractivity contribution < 1.29 is 24.3 Å². The van der Waals surface area contributed by atoms with Gasteiger partial charge >= 0.3 is 12.0 Å². The molecule has 0 fully saturated rings. The summed E-state index contributed by atoms with van der Waals surface area (Å²) in [4.78, 5) is 44.0. The summed E-state index contributed by atoms with van der Waals surface area (Å²) in [5.74, 6) is 3.29. The standard InChI is InChI=1S/C14H27N5O5/c15-14(24)18-10(13(22)23)7-8-11(20)17-9-5-3-1-2-4-6-12(21)19-16/h10H,1-9,16H2,(H,17,20)(H,19,21)(H,22,23)(H3,15,18,24). The van der Waals surface area contributed by atoms with Crippen molar-refractivity contribution >= 4 is 23.8 Å². The van der Waals surface area contributed by atoms with Crippen LogP contribution in [0.25, 0.3) is 0 Å². The Bertz CT molecular complexity index is 430. The first kappa shape index (κ1) is 21.6. The number of urea groups is 1. The molecule has 24 heavy (non-hydrogen) atoms. The molecule has 0 radical (unpaired) electrons. The largest absolute Gasteiger partial charge is 0.480 e. The summed E-state index contributed by atoms with van der Waals surface area (Å²) in [6.45, 7) is 0.503. The minimum atomic E-state index is -1.23. The van der Waals surface area contributed by atoms with Crippen molar-refractivity contribution in [1.29, 1.82) is 0 Å². The number of aliphatic carboxylic acids is 1. The number of carboxylic acids is 1. The Balaban J connectivity index is 3.63. The van der Waals surface area contributed by atoms with Gasteiger partial charge in [-0.05, 0) is 19.3 Å². The molecule has 0 heterocycles. The van der Waals surface area contributed by atoms with Crippen molar-refractivity contribution in [3.05, 3.63) is 0 Å². The van der Waals surface area contributed by atoms with Crippen LogP contribution in [0.1, 0.15) is 51.4 Å². The van der Waals surface area contributed by atoms with E-state index in [4.69, 9.17) is 16.7 Å². The molecule has 0 bridgehead atoms. The first-order chi connectivity index (χ1) is 11.4. The van der Waals surface area contributed by atoms with Gasteiger partial charge < -0.3 is 21.5 Å². The molecule has 0 rings (SSSR count). The number of primary amides is 1. The van der Waals surface area contributed by atoms with Crippen LogP contribution < -0.4 is 27.6 Å². The Morgan fingerprint density at radius 2 is 1.54 bits per heavy atom. The van der Waals surface area contributed by atoms with Gasteiger partial charge in [-0.1, -0.05) is 19.3 Å². The summed E-state index contributed by atoms with van der Waals surface area (Å²) in [7, 11) is 0. The molecule has 8 N–H and O–H groups in total. The number of carboxylic acid groups (broad SMARTS) is 1. The lowest BCUT2D eigenvalue weighted by Gasteiger charge is -2.12. The number of carbonyl (C=O) groups is 4. The average Bonchev–Trinajstić information content (AvgIpc) is 2.52. The summed E-state index contributed by atoms with van der Waals surface area (Å²) < 4.78 is 0. The second-order valence-electron chi connectivity index (χ2n) is 5.37. The van der Waals surface area contributed by atoms with E-state index in [1.54, 1.807) is 0 Å².